The topological polar surface area (TPSA) is 83.8 Å². The number of imidazole rings is 1. The van der Waals surface area contributed by atoms with E-state index < -0.39 is 0 Å². The molecule has 0 aliphatic rings. The fourth-order valence-corrected chi connectivity index (χ4v) is 3.09. The number of rotatable bonds is 5. The molecule has 5 rings (SSSR count). The van der Waals surface area contributed by atoms with Crippen LogP contribution in [0.2, 0.25) is 0 Å². The van der Waals surface area contributed by atoms with E-state index >= 15 is 0 Å². The van der Waals surface area contributed by atoms with Gasteiger partial charge in [-0.05, 0) is 36.4 Å². The molecule has 0 spiro atoms. The lowest BCUT2D eigenvalue weighted by Gasteiger charge is -1.99. The second-order valence-electron chi connectivity index (χ2n) is 6.43. The third-order valence-corrected chi connectivity index (χ3v) is 4.46. The first-order chi connectivity index (χ1) is 14.4. The van der Waals surface area contributed by atoms with Gasteiger partial charge in [-0.2, -0.15) is 10.2 Å². The Kier molecular flexibility index (Phi) is 4.31. The first-order valence-electron chi connectivity index (χ1n) is 9.16. The Hall–Kier alpha value is -4.26. The monoisotopic (exact) mass is 379 g/mol. The van der Waals surface area contributed by atoms with Crippen molar-refractivity contribution in [3.05, 3.63) is 90.9 Å². The first-order valence-corrected chi connectivity index (χ1v) is 9.16. The number of nitrogens with one attached hydrogen (secondary N) is 2. The maximum absolute atomic E-state index is 4.75. The molecule has 0 amide bonds. The highest BCUT2D eigenvalue weighted by Gasteiger charge is 2.11. The minimum absolute atomic E-state index is 0.584. The summed E-state index contributed by atoms with van der Waals surface area (Å²) in [4.78, 5) is 11.9. The van der Waals surface area contributed by atoms with Crippen LogP contribution < -0.4 is 5.43 Å². The van der Waals surface area contributed by atoms with E-state index in [9.17, 15) is 0 Å². The molecule has 140 valence electrons. The third kappa shape index (κ3) is 3.49. The van der Waals surface area contributed by atoms with Crippen LogP contribution in [0.4, 0.5) is 5.95 Å². The van der Waals surface area contributed by atoms with E-state index in [0.29, 0.717) is 5.95 Å². The van der Waals surface area contributed by atoms with Crippen LogP contribution in [-0.2, 0) is 0 Å². The molecule has 7 nitrogen and oxygen atoms in total. The summed E-state index contributed by atoms with van der Waals surface area (Å²) in [5.41, 5.74) is 8.37. The SMILES string of the molecule is C(=N\Nc1nc2ccccc2[nH]1)/c1cn(-c2ccccc2)nc1-c1cccnc1. The number of hydrazone groups is 1. The van der Waals surface area contributed by atoms with Gasteiger partial charge in [-0.25, -0.2) is 15.1 Å². The number of nitrogens with zero attached hydrogens (tertiary/aromatic N) is 5. The summed E-state index contributed by atoms with van der Waals surface area (Å²) in [5.74, 6) is 0.584. The van der Waals surface area contributed by atoms with E-state index in [-0.39, 0.29) is 0 Å². The van der Waals surface area contributed by atoms with Crippen LogP contribution in [0.1, 0.15) is 5.56 Å². The lowest BCUT2D eigenvalue weighted by Crippen LogP contribution is -1.94. The zero-order valence-electron chi connectivity index (χ0n) is 15.4. The molecule has 5 aromatic rings. The smallest absolute Gasteiger partial charge is 0.222 e. The molecule has 0 fully saturated rings. The summed E-state index contributed by atoms with van der Waals surface area (Å²) in [6.07, 6.45) is 7.22. The van der Waals surface area contributed by atoms with Gasteiger partial charge in [0, 0.05) is 29.7 Å². The van der Waals surface area contributed by atoms with E-state index in [1.165, 1.54) is 0 Å². The summed E-state index contributed by atoms with van der Waals surface area (Å²) in [5, 5.41) is 9.10. The molecule has 0 saturated heterocycles. The second-order valence-corrected chi connectivity index (χ2v) is 6.43. The largest absolute Gasteiger partial charge is 0.323 e. The molecule has 2 aromatic carbocycles. The molecule has 0 radical (unpaired) electrons. The summed E-state index contributed by atoms with van der Waals surface area (Å²) >= 11 is 0. The molecule has 3 heterocycles. The maximum atomic E-state index is 4.75. The van der Waals surface area contributed by atoms with E-state index in [0.717, 1.165) is 33.5 Å². The van der Waals surface area contributed by atoms with Crippen LogP contribution in [-0.4, -0.2) is 30.9 Å². The van der Waals surface area contributed by atoms with E-state index in [2.05, 4.69) is 25.5 Å². The summed E-state index contributed by atoms with van der Waals surface area (Å²) in [6, 6.07) is 21.7. The Morgan fingerprint density at radius 1 is 0.966 bits per heavy atom. The number of H-pyrrole nitrogens is 1. The number of fused-ring (bicyclic) bond motifs is 1. The first kappa shape index (κ1) is 16.9. The van der Waals surface area contributed by atoms with Gasteiger partial charge < -0.3 is 4.98 Å². The van der Waals surface area contributed by atoms with E-state index in [1.807, 2.05) is 77.6 Å². The lowest BCUT2D eigenvalue weighted by atomic mass is 10.1. The molecule has 2 N–H and O–H groups in total. The van der Waals surface area contributed by atoms with Crippen LogP contribution in [0.5, 0.6) is 0 Å². The van der Waals surface area contributed by atoms with Gasteiger partial charge in [0.1, 0.15) is 5.69 Å². The summed E-state index contributed by atoms with van der Waals surface area (Å²) in [7, 11) is 0. The van der Waals surface area contributed by atoms with Gasteiger partial charge in [-0.15, -0.1) is 0 Å². The van der Waals surface area contributed by atoms with Crippen molar-refractivity contribution in [1.82, 2.24) is 24.7 Å². The molecule has 29 heavy (non-hydrogen) atoms. The van der Waals surface area contributed by atoms with Crippen molar-refractivity contribution in [2.45, 2.75) is 0 Å². The average Bonchev–Trinajstić information content (AvgIpc) is 3.39. The van der Waals surface area contributed by atoms with Crippen molar-refractivity contribution in [3.63, 3.8) is 0 Å². The van der Waals surface area contributed by atoms with Crippen LogP contribution in [0.3, 0.4) is 0 Å². The molecular formula is C22H17N7. The van der Waals surface area contributed by atoms with Gasteiger partial charge in [0.2, 0.25) is 5.95 Å². The van der Waals surface area contributed by atoms with Crippen molar-refractivity contribution in [2.75, 3.05) is 5.43 Å². The van der Waals surface area contributed by atoms with E-state index in [1.54, 1.807) is 18.6 Å². The van der Waals surface area contributed by atoms with Crippen molar-refractivity contribution in [3.8, 4) is 16.9 Å². The number of hydrogen-bond acceptors (Lipinski definition) is 5. The molecule has 0 bridgehead atoms. The minimum Gasteiger partial charge on any atom is -0.323 e. The lowest BCUT2D eigenvalue weighted by molar-refractivity contribution is 0.884. The summed E-state index contributed by atoms with van der Waals surface area (Å²) in [6.45, 7) is 0. The molecule has 0 aliphatic heterocycles. The van der Waals surface area contributed by atoms with Crippen LogP contribution in [0.25, 0.3) is 28.0 Å². The van der Waals surface area contributed by atoms with Gasteiger partial charge in [0.15, 0.2) is 0 Å². The fraction of sp³-hybridized carbons (Fsp3) is 0. The Morgan fingerprint density at radius 2 is 1.83 bits per heavy atom. The van der Waals surface area contributed by atoms with E-state index in [4.69, 9.17) is 5.10 Å². The average molecular weight is 379 g/mol. The van der Waals surface area contributed by atoms with Gasteiger partial charge >= 0.3 is 0 Å². The maximum Gasteiger partial charge on any atom is 0.222 e. The minimum atomic E-state index is 0.584. The van der Waals surface area contributed by atoms with Gasteiger partial charge in [-0.3, -0.25) is 4.98 Å². The van der Waals surface area contributed by atoms with Crippen molar-refractivity contribution >= 4 is 23.2 Å². The number of pyridine rings is 1. The van der Waals surface area contributed by atoms with Crippen LogP contribution >= 0.6 is 0 Å². The molecule has 0 atom stereocenters. The number of para-hydroxylation sites is 3. The number of aromatic nitrogens is 5. The highest BCUT2D eigenvalue weighted by molar-refractivity contribution is 5.89. The number of aromatic amines is 1. The fourth-order valence-electron chi connectivity index (χ4n) is 3.09. The molecule has 0 unspecified atom stereocenters. The Labute approximate surface area is 166 Å². The van der Waals surface area contributed by atoms with Crippen LogP contribution in [0, 0.1) is 0 Å². The highest BCUT2D eigenvalue weighted by Crippen LogP contribution is 2.22. The van der Waals surface area contributed by atoms with Crippen LogP contribution in [0.15, 0.2) is 90.4 Å². The molecule has 0 aliphatic carbocycles. The quantitative estimate of drug-likeness (QED) is 0.353. The molecule has 7 heteroatoms. The predicted octanol–water partition coefficient (Wildman–Crippen LogP) is 4.26. The van der Waals surface area contributed by atoms with Gasteiger partial charge in [0.25, 0.3) is 0 Å². The molecular weight excluding hydrogens is 362 g/mol. The number of benzene rings is 2. The van der Waals surface area contributed by atoms with Gasteiger partial charge in [-0.1, -0.05) is 30.3 Å². The molecule has 3 aromatic heterocycles. The number of hydrogen-bond donors (Lipinski definition) is 2. The normalized spacial score (nSPS) is 11.3. The number of anilines is 1. The Morgan fingerprint density at radius 3 is 2.66 bits per heavy atom. The summed E-state index contributed by atoms with van der Waals surface area (Å²) < 4.78 is 1.84. The standard InChI is InChI=1S/C22H17N7/c1-2-8-18(9-3-1)29-15-17(21(28-29)16-7-6-12-23-13-16)14-24-27-22-25-19-10-4-5-11-20(19)26-22/h1-15H,(H2,25,26,27)/b24-14+. The van der Waals surface area contributed by atoms with Crippen molar-refractivity contribution in [1.29, 1.82) is 0 Å². The third-order valence-electron chi connectivity index (χ3n) is 4.46. The Balaban J connectivity index is 1.47. The molecule has 0 saturated carbocycles. The zero-order chi connectivity index (χ0) is 19.5. The predicted molar refractivity (Wildman–Crippen MR) is 114 cm³/mol. The highest BCUT2D eigenvalue weighted by atomic mass is 15.4. The Bertz CT molecular complexity index is 1240. The van der Waals surface area contributed by atoms with Crippen molar-refractivity contribution < 1.29 is 0 Å². The second kappa shape index (κ2) is 7.40. The van der Waals surface area contributed by atoms with Crippen molar-refractivity contribution in [2.24, 2.45) is 5.10 Å². The van der Waals surface area contributed by atoms with Gasteiger partial charge in [0.05, 0.1) is 22.9 Å². The zero-order valence-corrected chi connectivity index (χ0v) is 15.4.